The van der Waals surface area contributed by atoms with Crippen molar-refractivity contribution in [1.29, 1.82) is 5.26 Å². The van der Waals surface area contributed by atoms with Crippen LogP contribution >= 0.6 is 0 Å². The van der Waals surface area contributed by atoms with Crippen molar-refractivity contribution in [2.45, 2.75) is 19.3 Å². The van der Waals surface area contributed by atoms with Gasteiger partial charge in [-0.3, -0.25) is 0 Å². The second-order valence-electron chi connectivity index (χ2n) is 4.45. The Morgan fingerprint density at radius 2 is 2.06 bits per heavy atom. The molecule has 1 N–H and O–H groups in total. The van der Waals surface area contributed by atoms with E-state index in [1.54, 1.807) is 0 Å². The lowest BCUT2D eigenvalue weighted by molar-refractivity contribution is 0.570. The Bertz CT molecular complexity index is 573. The standard InChI is InChI=1S/C13H14N4/c14-9-10-4-5-11-12(8-10)16-13(15-11)17-6-2-1-3-7-17/h4-5,8H,1-3,6-7H2,(H,15,16). The van der Waals surface area contributed by atoms with Crippen LogP contribution in [0.1, 0.15) is 24.8 Å². The van der Waals surface area contributed by atoms with E-state index in [2.05, 4.69) is 20.9 Å². The van der Waals surface area contributed by atoms with Gasteiger partial charge in [0.15, 0.2) is 0 Å². The Morgan fingerprint density at radius 1 is 1.24 bits per heavy atom. The lowest BCUT2D eigenvalue weighted by Gasteiger charge is -2.25. The number of rotatable bonds is 1. The third kappa shape index (κ3) is 1.84. The van der Waals surface area contributed by atoms with Gasteiger partial charge in [-0.25, -0.2) is 4.98 Å². The molecule has 1 aromatic heterocycles. The summed E-state index contributed by atoms with van der Waals surface area (Å²) < 4.78 is 0. The fourth-order valence-corrected chi connectivity index (χ4v) is 2.32. The SMILES string of the molecule is N#Cc1ccc2nc(N3CCCCC3)[nH]c2c1. The van der Waals surface area contributed by atoms with Gasteiger partial charge >= 0.3 is 0 Å². The molecule has 1 fully saturated rings. The highest BCUT2D eigenvalue weighted by molar-refractivity contribution is 5.79. The number of hydrogen-bond acceptors (Lipinski definition) is 3. The highest BCUT2D eigenvalue weighted by Gasteiger charge is 2.14. The van der Waals surface area contributed by atoms with Crippen LogP contribution in [0.15, 0.2) is 18.2 Å². The van der Waals surface area contributed by atoms with Crippen LogP contribution in [0.3, 0.4) is 0 Å². The van der Waals surface area contributed by atoms with Gasteiger partial charge in [-0.15, -0.1) is 0 Å². The molecule has 0 saturated carbocycles. The first-order valence-electron chi connectivity index (χ1n) is 6.01. The number of hydrogen-bond donors (Lipinski definition) is 1. The molecule has 4 heteroatoms. The van der Waals surface area contributed by atoms with Gasteiger partial charge in [-0.1, -0.05) is 0 Å². The van der Waals surface area contributed by atoms with Gasteiger partial charge in [0, 0.05) is 13.1 Å². The molecular weight excluding hydrogens is 212 g/mol. The Morgan fingerprint density at radius 3 is 2.82 bits per heavy atom. The largest absolute Gasteiger partial charge is 0.342 e. The molecule has 1 aliphatic heterocycles. The van der Waals surface area contributed by atoms with Crippen molar-refractivity contribution in [2.75, 3.05) is 18.0 Å². The number of piperidine rings is 1. The van der Waals surface area contributed by atoms with Gasteiger partial charge < -0.3 is 9.88 Å². The Balaban J connectivity index is 1.98. The predicted octanol–water partition coefficient (Wildman–Crippen LogP) is 2.42. The van der Waals surface area contributed by atoms with Crippen molar-refractivity contribution in [3.05, 3.63) is 23.8 Å². The quantitative estimate of drug-likeness (QED) is 0.812. The molecule has 0 spiro atoms. The number of nitrogens with one attached hydrogen (secondary N) is 1. The molecule has 0 atom stereocenters. The minimum absolute atomic E-state index is 0.673. The van der Waals surface area contributed by atoms with Crippen molar-refractivity contribution >= 4 is 17.0 Å². The van der Waals surface area contributed by atoms with Gasteiger partial charge in [-0.05, 0) is 37.5 Å². The average Bonchev–Trinajstić information content (AvgIpc) is 2.82. The third-order valence-electron chi connectivity index (χ3n) is 3.25. The molecule has 1 aliphatic rings. The second kappa shape index (κ2) is 4.10. The topological polar surface area (TPSA) is 55.7 Å². The number of aromatic amines is 1. The van der Waals surface area contributed by atoms with E-state index in [4.69, 9.17) is 5.26 Å². The Labute approximate surface area is 99.9 Å². The van der Waals surface area contributed by atoms with Crippen molar-refractivity contribution < 1.29 is 0 Å². The smallest absolute Gasteiger partial charge is 0.203 e. The number of anilines is 1. The molecule has 4 nitrogen and oxygen atoms in total. The number of H-pyrrole nitrogens is 1. The number of aromatic nitrogens is 2. The van der Waals surface area contributed by atoms with Crippen LogP contribution in [-0.4, -0.2) is 23.1 Å². The van der Waals surface area contributed by atoms with Crippen molar-refractivity contribution in [3.8, 4) is 6.07 Å². The molecule has 2 aromatic rings. The molecule has 0 unspecified atom stereocenters. The fraction of sp³-hybridized carbons (Fsp3) is 0.385. The molecule has 0 aliphatic carbocycles. The fourth-order valence-electron chi connectivity index (χ4n) is 2.32. The van der Waals surface area contributed by atoms with Gasteiger partial charge in [0.1, 0.15) is 0 Å². The highest BCUT2D eigenvalue weighted by Crippen LogP contribution is 2.21. The summed E-state index contributed by atoms with van der Waals surface area (Å²) >= 11 is 0. The van der Waals surface area contributed by atoms with Crippen LogP contribution in [0.2, 0.25) is 0 Å². The number of imidazole rings is 1. The molecule has 86 valence electrons. The molecule has 0 bridgehead atoms. The van der Waals surface area contributed by atoms with Crippen molar-refractivity contribution in [2.24, 2.45) is 0 Å². The monoisotopic (exact) mass is 226 g/mol. The first-order valence-corrected chi connectivity index (χ1v) is 6.01. The van der Waals surface area contributed by atoms with E-state index in [9.17, 15) is 0 Å². The van der Waals surface area contributed by atoms with E-state index in [1.807, 2.05) is 18.2 Å². The first-order chi connectivity index (χ1) is 8.36. The summed E-state index contributed by atoms with van der Waals surface area (Å²) in [5.74, 6) is 0.940. The maximum absolute atomic E-state index is 8.86. The average molecular weight is 226 g/mol. The van der Waals surface area contributed by atoms with E-state index in [0.717, 1.165) is 30.1 Å². The highest BCUT2D eigenvalue weighted by atomic mass is 15.3. The summed E-state index contributed by atoms with van der Waals surface area (Å²) in [6.07, 6.45) is 3.79. The van der Waals surface area contributed by atoms with E-state index in [-0.39, 0.29) is 0 Å². The number of fused-ring (bicyclic) bond motifs is 1. The van der Waals surface area contributed by atoms with Crippen LogP contribution in [0, 0.1) is 11.3 Å². The molecular formula is C13H14N4. The van der Waals surface area contributed by atoms with Crippen LogP contribution in [-0.2, 0) is 0 Å². The van der Waals surface area contributed by atoms with Crippen LogP contribution in [0.5, 0.6) is 0 Å². The number of nitrogens with zero attached hydrogens (tertiary/aromatic N) is 3. The summed E-state index contributed by atoms with van der Waals surface area (Å²) in [5, 5.41) is 8.86. The third-order valence-corrected chi connectivity index (χ3v) is 3.25. The Kier molecular flexibility index (Phi) is 2.45. The molecule has 17 heavy (non-hydrogen) atoms. The van der Waals surface area contributed by atoms with Gasteiger partial charge in [0.2, 0.25) is 5.95 Å². The first kappa shape index (κ1) is 10.2. The summed E-state index contributed by atoms with van der Waals surface area (Å²) in [7, 11) is 0. The molecule has 0 amide bonds. The maximum Gasteiger partial charge on any atom is 0.203 e. The number of nitriles is 1. The van der Waals surface area contributed by atoms with E-state index >= 15 is 0 Å². The number of benzene rings is 1. The van der Waals surface area contributed by atoms with Gasteiger partial charge in [0.05, 0.1) is 22.7 Å². The zero-order valence-electron chi connectivity index (χ0n) is 9.61. The van der Waals surface area contributed by atoms with E-state index in [0.29, 0.717) is 5.56 Å². The van der Waals surface area contributed by atoms with Crippen LogP contribution < -0.4 is 4.90 Å². The minimum atomic E-state index is 0.673. The molecule has 3 rings (SSSR count). The van der Waals surface area contributed by atoms with Gasteiger partial charge in [-0.2, -0.15) is 5.26 Å². The molecule has 1 saturated heterocycles. The maximum atomic E-state index is 8.86. The molecule has 1 aromatic carbocycles. The summed E-state index contributed by atoms with van der Waals surface area (Å²) in [5.41, 5.74) is 2.56. The lowest BCUT2D eigenvalue weighted by Crippen LogP contribution is -2.30. The molecule has 0 radical (unpaired) electrons. The van der Waals surface area contributed by atoms with Gasteiger partial charge in [0.25, 0.3) is 0 Å². The summed E-state index contributed by atoms with van der Waals surface area (Å²) in [6.45, 7) is 2.15. The lowest BCUT2D eigenvalue weighted by atomic mass is 10.1. The zero-order valence-corrected chi connectivity index (χ0v) is 9.61. The van der Waals surface area contributed by atoms with Crippen molar-refractivity contribution in [3.63, 3.8) is 0 Å². The predicted molar refractivity (Wildman–Crippen MR) is 66.9 cm³/mol. The van der Waals surface area contributed by atoms with Crippen LogP contribution in [0.25, 0.3) is 11.0 Å². The normalized spacial score (nSPS) is 16.1. The Hall–Kier alpha value is -2.02. The summed E-state index contributed by atoms with van der Waals surface area (Å²) in [4.78, 5) is 10.2. The van der Waals surface area contributed by atoms with E-state index < -0.39 is 0 Å². The second-order valence-corrected chi connectivity index (χ2v) is 4.45. The minimum Gasteiger partial charge on any atom is -0.342 e. The van der Waals surface area contributed by atoms with Crippen molar-refractivity contribution in [1.82, 2.24) is 9.97 Å². The summed E-state index contributed by atoms with van der Waals surface area (Å²) in [6, 6.07) is 7.71. The molecule has 2 heterocycles. The van der Waals surface area contributed by atoms with Crippen LogP contribution in [0.4, 0.5) is 5.95 Å². The van der Waals surface area contributed by atoms with E-state index in [1.165, 1.54) is 19.3 Å². The zero-order chi connectivity index (χ0) is 11.7.